The molecule has 3 aromatic rings. The lowest BCUT2D eigenvalue weighted by molar-refractivity contribution is -0.117. The summed E-state index contributed by atoms with van der Waals surface area (Å²) in [7, 11) is 0. The lowest BCUT2D eigenvalue weighted by Crippen LogP contribution is -2.32. The number of hydrogen-bond acceptors (Lipinski definition) is 5. The standard InChI is InChI=1S/C19H19N3O3S/c20-18(24)16-8-10-26-19(16)21-17(23)13-22(12-15-7-4-9-25-15)11-14-5-2-1-3-6-14/h1-10H,11-13H2,(H2,20,24)(H,21,23). The first-order valence-electron chi connectivity index (χ1n) is 8.07. The number of primary amides is 1. The van der Waals surface area contributed by atoms with Gasteiger partial charge in [-0.2, -0.15) is 0 Å². The van der Waals surface area contributed by atoms with Crippen LogP contribution in [0.3, 0.4) is 0 Å². The SMILES string of the molecule is NC(=O)c1ccsc1NC(=O)CN(Cc1ccccc1)Cc1ccco1. The molecule has 0 aliphatic heterocycles. The Morgan fingerprint density at radius 3 is 2.58 bits per heavy atom. The molecule has 0 unspecified atom stereocenters. The molecule has 2 amide bonds. The summed E-state index contributed by atoms with van der Waals surface area (Å²) < 4.78 is 5.41. The van der Waals surface area contributed by atoms with E-state index >= 15 is 0 Å². The minimum Gasteiger partial charge on any atom is -0.468 e. The van der Waals surface area contributed by atoms with E-state index in [1.165, 1.54) is 11.3 Å². The van der Waals surface area contributed by atoms with Crippen LogP contribution in [0.5, 0.6) is 0 Å². The maximum atomic E-state index is 12.5. The number of anilines is 1. The fourth-order valence-electron chi connectivity index (χ4n) is 2.60. The number of nitrogens with zero attached hydrogens (tertiary/aromatic N) is 1. The topological polar surface area (TPSA) is 88.6 Å². The smallest absolute Gasteiger partial charge is 0.251 e. The van der Waals surface area contributed by atoms with E-state index in [1.54, 1.807) is 17.7 Å². The third kappa shape index (κ3) is 4.81. The number of carbonyl (C=O) groups excluding carboxylic acids is 2. The summed E-state index contributed by atoms with van der Waals surface area (Å²) in [6.45, 7) is 1.26. The van der Waals surface area contributed by atoms with Gasteiger partial charge in [0.2, 0.25) is 5.91 Å². The molecule has 2 aromatic heterocycles. The second-order valence-corrected chi connectivity index (χ2v) is 6.70. The van der Waals surface area contributed by atoms with Crippen LogP contribution in [0.1, 0.15) is 21.7 Å². The Bertz CT molecular complexity index is 859. The molecule has 0 aliphatic rings. The summed E-state index contributed by atoms with van der Waals surface area (Å²) in [6, 6.07) is 15.2. The van der Waals surface area contributed by atoms with E-state index in [0.717, 1.165) is 11.3 Å². The van der Waals surface area contributed by atoms with Gasteiger partial charge in [0.15, 0.2) is 0 Å². The van der Waals surface area contributed by atoms with Gasteiger partial charge in [-0.3, -0.25) is 14.5 Å². The number of nitrogens with two attached hydrogens (primary N) is 1. The number of benzene rings is 1. The Kier molecular flexibility index (Phi) is 5.83. The molecule has 2 heterocycles. The van der Waals surface area contributed by atoms with Crippen molar-refractivity contribution in [3.8, 4) is 0 Å². The molecule has 0 saturated heterocycles. The van der Waals surface area contributed by atoms with Crippen LogP contribution in [-0.4, -0.2) is 23.3 Å². The Balaban J connectivity index is 1.68. The molecule has 1 aromatic carbocycles. The van der Waals surface area contributed by atoms with E-state index < -0.39 is 5.91 Å². The average molecular weight is 369 g/mol. The molecule has 7 heteroatoms. The number of nitrogens with one attached hydrogen (secondary N) is 1. The van der Waals surface area contributed by atoms with E-state index in [4.69, 9.17) is 10.2 Å². The molecule has 0 atom stereocenters. The third-order valence-corrected chi connectivity index (χ3v) is 4.59. The van der Waals surface area contributed by atoms with E-state index in [2.05, 4.69) is 5.32 Å². The van der Waals surface area contributed by atoms with Gasteiger partial charge in [-0.1, -0.05) is 30.3 Å². The van der Waals surface area contributed by atoms with E-state index in [0.29, 0.717) is 23.7 Å². The summed E-state index contributed by atoms with van der Waals surface area (Å²) in [5.41, 5.74) is 6.74. The minimum atomic E-state index is -0.557. The first-order valence-corrected chi connectivity index (χ1v) is 8.95. The number of hydrogen-bond donors (Lipinski definition) is 2. The van der Waals surface area contributed by atoms with Crippen molar-refractivity contribution in [2.24, 2.45) is 5.73 Å². The van der Waals surface area contributed by atoms with Gasteiger partial charge in [-0.15, -0.1) is 11.3 Å². The molecule has 0 aliphatic carbocycles. The summed E-state index contributed by atoms with van der Waals surface area (Å²) >= 11 is 1.27. The predicted molar refractivity (Wildman–Crippen MR) is 101 cm³/mol. The number of thiophene rings is 1. The van der Waals surface area contributed by atoms with Crippen molar-refractivity contribution in [3.63, 3.8) is 0 Å². The van der Waals surface area contributed by atoms with Gasteiger partial charge in [0.05, 0.1) is 24.9 Å². The van der Waals surface area contributed by atoms with Gasteiger partial charge in [-0.25, -0.2) is 0 Å². The van der Waals surface area contributed by atoms with Crippen molar-refractivity contribution in [1.29, 1.82) is 0 Å². The zero-order chi connectivity index (χ0) is 18.4. The number of rotatable bonds is 8. The normalized spacial score (nSPS) is 10.8. The molecule has 3 rings (SSSR count). The zero-order valence-corrected chi connectivity index (χ0v) is 14.9. The maximum Gasteiger partial charge on any atom is 0.251 e. The zero-order valence-electron chi connectivity index (χ0n) is 14.1. The van der Waals surface area contributed by atoms with Crippen LogP contribution >= 0.6 is 11.3 Å². The number of furan rings is 1. The average Bonchev–Trinajstić information content (AvgIpc) is 3.27. The monoisotopic (exact) mass is 369 g/mol. The Morgan fingerprint density at radius 2 is 1.88 bits per heavy atom. The highest BCUT2D eigenvalue weighted by molar-refractivity contribution is 7.14. The lowest BCUT2D eigenvalue weighted by Gasteiger charge is -2.20. The van der Waals surface area contributed by atoms with Crippen LogP contribution in [0.25, 0.3) is 0 Å². The molecule has 6 nitrogen and oxygen atoms in total. The van der Waals surface area contributed by atoms with Crippen LogP contribution < -0.4 is 11.1 Å². The molecule has 0 bridgehead atoms. The summed E-state index contributed by atoms with van der Waals surface area (Å²) in [4.78, 5) is 25.9. The lowest BCUT2D eigenvalue weighted by atomic mass is 10.2. The second kappa shape index (κ2) is 8.46. The van der Waals surface area contributed by atoms with Crippen molar-refractivity contribution in [2.75, 3.05) is 11.9 Å². The highest BCUT2D eigenvalue weighted by Crippen LogP contribution is 2.22. The largest absolute Gasteiger partial charge is 0.468 e. The molecule has 134 valence electrons. The van der Waals surface area contributed by atoms with E-state index in [-0.39, 0.29) is 12.5 Å². The first kappa shape index (κ1) is 17.9. The fourth-order valence-corrected chi connectivity index (χ4v) is 3.41. The fraction of sp³-hybridized carbons (Fsp3) is 0.158. The predicted octanol–water partition coefficient (Wildman–Crippen LogP) is 3.08. The highest BCUT2D eigenvalue weighted by atomic mass is 32.1. The molecule has 0 saturated carbocycles. The number of carbonyl (C=O) groups is 2. The van der Waals surface area contributed by atoms with Crippen molar-refractivity contribution in [3.05, 3.63) is 77.1 Å². The van der Waals surface area contributed by atoms with Crippen molar-refractivity contribution in [1.82, 2.24) is 4.90 Å². The molecule has 3 N–H and O–H groups in total. The van der Waals surface area contributed by atoms with Crippen LogP contribution in [0.2, 0.25) is 0 Å². The third-order valence-electron chi connectivity index (χ3n) is 3.76. The van der Waals surface area contributed by atoms with Crippen molar-refractivity contribution < 1.29 is 14.0 Å². The van der Waals surface area contributed by atoms with Crippen LogP contribution in [0, 0.1) is 0 Å². The molecular formula is C19H19N3O3S. The maximum absolute atomic E-state index is 12.5. The van der Waals surface area contributed by atoms with Crippen LogP contribution in [0.4, 0.5) is 5.00 Å². The van der Waals surface area contributed by atoms with Gasteiger partial charge in [-0.05, 0) is 29.1 Å². The van der Waals surface area contributed by atoms with Gasteiger partial charge >= 0.3 is 0 Å². The number of amides is 2. The molecule has 26 heavy (non-hydrogen) atoms. The van der Waals surface area contributed by atoms with Gasteiger partial charge in [0, 0.05) is 6.54 Å². The van der Waals surface area contributed by atoms with Crippen molar-refractivity contribution >= 4 is 28.2 Å². The summed E-state index contributed by atoms with van der Waals surface area (Å²) in [5, 5.41) is 4.97. The first-order chi connectivity index (χ1) is 12.6. The van der Waals surface area contributed by atoms with E-state index in [9.17, 15) is 9.59 Å². The van der Waals surface area contributed by atoms with Gasteiger partial charge in [0.1, 0.15) is 10.8 Å². The molecule has 0 radical (unpaired) electrons. The minimum absolute atomic E-state index is 0.158. The van der Waals surface area contributed by atoms with Gasteiger partial charge < -0.3 is 15.5 Å². The summed E-state index contributed by atoms with van der Waals surface area (Å²) in [6.07, 6.45) is 1.61. The Hall–Kier alpha value is -2.90. The van der Waals surface area contributed by atoms with E-state index in [1.807, 2.05) is 47.4 Å². The van der Waals surface area contributed by atoms with Crippen molar-refractivity contribution in [2.45, 2.75) is 13.1 Å². The van der Waals surface area contributed by atoms with Crippen LogP contribution in [0.15, 0.2) is 64.6 Å². The Labute approximate surface area is 155 Å². The quantitative estimate of drug-likeness (QED) is 0.639. The molecule has 0 spiro atoms. The van der Waals surface area contributed by atoms with Crippen LogP contribution in [-0.2, 0) is 17.9 Å². The highest BCUT2D eigenvalue weighted by Gasteiger charge is 2.16. The summed E-state index contributed by atoms with van der Waals surface area (Å²) in [5.74, 6) is 0.0124. The molecular weight excluding hydrogens is 350 g/mol. The Morgan fingerprint density at radius 1 is 1.08 bits per heavy atom. The van der Waals surface area contributed by atoms with Gasteiger partial charge in [0.25, 0.3) is 5.91 Å². The molecule has 0 fully saturated rings. The second-order valence-electron chi connectivity index (χ2n) is 5.79.